The molecular formula is C19H25N5O2S. The molecule has 0 aliphatic carbocycles. The van der Waals surface area contributed by atoms with Crippen LogP contribution in [-0.4, -0.2) is 53.2 Å². The van der Waals surface area contributed by atoms with Crippen LogP contribution in [-0.2, 0) is 10.2 Å². The van der Waals surface area contributed by atoms with Gasteiger partial charge in [-0.05, 0) is 49.9 Å². The molecule has 4 rings (SSSR count). The van der Waals surface area contributed by atoms with E-state index in [1.807, 2.05) is 36.4 Å². The summed E-state index contributed by atoms with van der Waals surface area (Å²) in [6.07, 6.45) is 5.27. The van der Waals surface area contributed by atoms with Crippen LogP contribution in [0.4, 0.5) is 11.6 Å². The molecule has 1 N–H and O–H groups in total. The quantitative estimate of drug-likeness (QED) is 0.853. The minimum absolute atomic E-state index is 0.278. The van der Waals surface area contributed by atoms with E-state index < -0.39 is 10.2 Å². The molecule has 0 atom stereocenters. The Morgan fingerprint density at radius 2 is 1.59 bits per heavy atom. The van der Waals surface area contributed by atoms with E-state index in [4.69, 9.17) is 4.98 Å². The first-order chi connectivity index (χ1) is 13.1. The van der Waals surface area contributed by atoms with Gasteiger partial charge < -0.3 is 5.32 Å². The lowest BCUT2D eigenvalue weighted by atomic mass is 9.94. The van der Waals surface area contributed by atoms with Gasteiger partial charge in [0.15, 0.2) is 0 Å². The minimum Gasteiger partial charge on any atom is -0.325 e. The van der Waals surface area contributed by atoms with Crippen molar-refractivity contribution >= 4 is 21.8 Å². The van der Waals surface area contributed by atoms with E-state index in [9.17, 15) is 8.42 Å². The fraction of sp³-hybridized carbons (Fsp3) is 0.474. The van der Waals surface area contributed by atoms with Gasteiger partial charge in [-0.3, -0.25) is 0 Å². The van der Waals surface area contributed by atoms with Crippen molar-refractivity contribution < 1.29 is 8.42 Å². The summed E-state index contributed by atoms with van der Waals surface area (Å²) in [4.78, 5) is 8.99. The topological polar surface area (TPSA) is 78.4 Å². The summed E-state index contributed by atoms with van der Waals surface area (Å²) < 4.78 is 28.7. The number of aromatic nitrogens is 2. The van der Waals surface area contributed by atoms with Crippen molar-refractivity contribution in [2.75, 3.05) is 31.5 Å². The monoisotopic (exact) mass is 387 g/mol. The second kappa shape index (κ2) is 7.92. The maximum absolute atomic E-state index is 12.7. The van der Waals surface area contributed by atoms with Crippen LogP contribution in [0.5, 0.6) is 0 Å². The molecule has 2 saturated heterocycles. The summed E-state index contributed by atoms with van der Waals surface area (Å²) in [5.74, 6) is 1.80. The molecule has 0 bridgehead atoms. The predicted octanol–water partition coefficient (Wildman–Crippen LogP) is 2.74. The molecule has 2 aliphatic rings. The molecule has 2 aromatic rings. The molecule has 0 unspecified atom stereocenters. The van der Waals surface area contributed by atoms with Gasteiger partial charge in [0.25, 0.3) is 10.2 Å². The Bertz CT molecular complexity index is 861. The number of hydrogen-bond acceptors (Lipinski definition) is 5. The number of rotatable bonds is 5. The van der Waals surface area contributed by atoms with Crippen molar-refractivity contribution in [1.29, 1.82) is 0 Å². The Kier molecular flexibility index (Phi) is 5.38. The predicted molar refractivity (Wildman–Crippen MR) is 105 cm³/mol. The summed E-state index contributed by atoms with van der Waals surface area (Å²) in [7, 11) is -3.29. The van der Waals surface area contributed by atoms with Gasteiger partial charge in [0, 0.05) is 44.0 Å². The van der Waals surface area contributed by atoms with Gasteiger partial charge in [0.05, 0.1) is 0 Å². The molecule has 7 nitrogen and oxygen atoms in total. The Morgan fingerprint density at radius 1 is 0.889 bits per heavy atom. The van der Waals surface area contributed by atoms with Crippen LogP contribution >= 0.6 is 0 Å². The van der Waals surface area contributed by atoms with Crippen LogP contribution in [0, 0.1) is 0 Å². The SMILES string of the molecule is O=S(=O)(N1CCCC1)N1CCC(c2cccc(Nc3ccccn3)n2)CC1. The zero-order valence-corrected chi connectivity index (χ0v) is 16.1. The normalized spacial score (nSPS) is 20.0. The highest BCUT2D eigenvalue weighted by atomic mass is 32.2. The maximum atomic E-state index is 12.7. The molecule has 0 saturated carbocycles. The average molecular weight is 388 g/mol. The summed E-state index contributed by atoms with van der Waals surface area (Å²) in [5, 5.41) is 3.22. The van der Waals surface area contributed by atoms with Crippen molar-refractivity contribution in [2.24, 2.45) is 0 Å². The van der Waals surface area contributed by atoms with Gasteiger partial charge in [0.1, 0.15) is 11.6 Å². The first kappa shape index (κ1) is 18.3. The van der Waals surface area contributed by atoms with Gasteiger partial charge in [-0.25, -0.2) is 9.97 Å². The van der Waals surface area contributed by atoms with E-state index in [2.05, 4.69) is 10.3 Å². The number of hydrogen-bond donors (Lipinski definition) is 1. The smallest absolute Gasteiger partial charge is 0.281 e. The number of pyridine rings is 2. The van der Waals surface area contributed by atoms with Gasteiger partial charge in [0.2, 0.25) is 0 Å². The zero-order chi connectivity index (χ0) is 18.7. The van der Waals surface area contributed by atoms with Gasteiger partial charge >= 0.3 is 0 Å². The van der Waals surface area contributed by atoms with E-state index in [-0.39, 0.29) is 5.92 Å². The third kappa shape index (κ3) is 4.12. The third-order valence-corrected chi connectivity index (χ3v) is 7.32. The molecule has 8 heteroatoms. The standard InChI is InChI=1S/C19H25N5O2S/c25-27(26,23-12-3-4-13-23)24-14-9-16(10-15-24)17-6-5-8-19(21-17)22-18-7-1-2-11-20-18/h1-2,5-8,11,16H,3-4,9-10,12-15H2,(H,20,21,22). The number of nitrogens with zero attached hydrogens (tertiary/aromatic N) is 4. The first-order valence-corrected chi connectivity index (χ1v) is 10.9. The molecule has 0 aromatic carbocycles. The van der Waals surface area contributed by atoms with E-state index in [1.165, 1.54) is 0 Å². The highest BCUT2D eigenvalue weighted by Crippen LogP contribution is 2.30. The Labute approximate surface area is 160 Å². The van der Waals surface area contributed by atoms with Gasteiger partial charge in [-0.2, -0.15) is 17.0 Å². The second-order valence-electron chi connectivity index (χ2n) is 7.07. The number of piperidine rings is 1. The fourth-order valence-electron chi connectivity index (χ4n) is 3.78. The number of anilines is 2. The van der Waals surface area contributed by atoms with Crippen LogP contribution in [0.2, 0.25) is 0 Å². The minimum atomic E-state index is -3.29. The summed E-state index contributed by atoms with van der Waals surface area (Å²) in [6.45, 7) is 2.43. The van der Waals surface area contributed by atoms with Crippen molar-refractivity contribution in [3.8, 4) is 0 Å². The molecule has 144 valence electrons. The Morgan fingerprint density at radius 3 is 2.30 bits per heavy atom. The van der Waals surface area contributed by atoms with Crippen molar-refractivity contribution in [3.63, 3.8) is 0 Å². The van der Waals surface area contributed by atoms with Gasteiger partial charge in [-0.15, -0.1) is 0 Å². The lowest BCUT2D eigenvalue weighted by molar-refractivity contribution is 0.294. The van der Waals surface area contributed by atoms with Crippen LogP contribution in [0.3, 0.4) is 0 Å². The molecule has 0 radical (unpaired) electrons. The van der Waals surface area contributed by atoms with Crippen molar-refractivity contribution in [2.45, 2.75) is 31.6 Å². The third-order valence-electron chi connectivity index (χ3n) is 5.28. The molecular weight excluding hydrogens is 362 g/mol. The van der Waals surface area contributed by atoms with Crippen molar-refractivity contribution in [3.05, 3.63) is 48.3 Å². The van der Waals surface area contributed by atoms with Crippen molar-refractivity contribution in [1.82, 2.24) is 18.6 Å². The molecule has 2 aromatic heterocycles. The molecule has 4 heterocycles. The molecule has 2 aliphatic heterocycles. The van der Waals surface area contributed by atoms with Crippen LogP contribution in [0.15, 0.2) is 42.6 Å². The zero-order valence-electron chi connectivity index (χ0n) is 15.3. The highest BCUT2D eigenvalue weighted by Gasteiger charge is 2.34. The lowest BCUT2D eigenvalue weighted by Crippen LogP contribution is -2.45. The summed E-state index contributed by atoms with van der Waals surface area (Å²) in [6, 6.07) is 11.6. The van der Waals surface area contributed by atoms with E-state index in [0.29, 0.717) is 26.2 Å². The lowest BCUT2D eigenvalue weighted by Gasteiger charge is -2.33. The largest absolute Gasteiger partial charge is 0.325 e. The fourth-order valence-corrected chi connectivity index (χ4v) is 5.50. The Balaban J connectivity index is 1.40. The second-order valence-corrected chi connectivity index (χ2v) is 9.00. The average Bonchev–Trinajstić information content (AvgIpc) is 3.25. The van der Waals surface area contributed by atoms with E-state index in [0.717, 1.165) is 43.0 Å². The first-order valence-electron chi connectivity index (χ1n) is 9.53. The Hall–Kier alpha value is -2.03. The van der Waals surface area contributed by atoms with E-state index in [1.54, 1.807) is 14.8 Å². The van der Waals surface area contributed by atoms with E-state index >= 15 is 0 Å². The van der Waals surface area contributed by atoms with Crippen LogP contribution < -0.4 is 5.32 Å². The van der Waals surface area contributed by atoms with Crippen LogP contribution in [0.25, 0.3) is 0 Å². The summed E-state index contributed by atoms with van der Waals surface area (Å²) >= 11 is 0. The maximum Gasteiger partial charge on any atom is 0.281 e. The van der Waals surface area contributed by atoms with Gasteiger partial charge in [-0.1, -0.05) is 12.1 Å². The molecule has 2 fully saturated rings. The summed E-state index contributed by atoms with van der Waals surface area (Å²) in [5.41, 5.74) is 1.01. The number of nitrogens with one attached hydrogen (secondary N) is 1. The molecule has 0 amide bonds. The molecule has 27 heavy (non-hydrogen) atoms. The highest BCUT2D eigenvalue weighted by molar-refractivity contribution is 7.86. The van der Waals surface area contributed by atoms with Crippen LogP contribution in [0.1, 0.15) is 37.3 Å². The molecule has 0 spiro atoms.